The van der Waals surface area contributed by atoms with E-state index in [1.165, 1.54) is 12.5 Å². The molecule has 88 heavy (non-hydrogen) atoms. The SMILES string of the molecule is COC(=O)[C@H]1O[C@@H](O[C@H]2CC[C@@]3(C)[C@@H](CC[C@]4(C)[C@@H]3CC=C3[C@@H]5C[C@@](C)(CO[C@@H]6O[C@H](CO[C@@H]7OC[C@](O)(CO)[C@H]7O)[C@@H](O)[C@H](O)[C@H]6O)C[C@@H](O)[C@]5(C)CC[C@]34C)[C@@]2(C)CO)[C@H](O[C@@H]2O[C@H](CO)[C@@H](O)[C@H](O)[C@H]2O[C@@H]2O[C@@H](C)[C@H](O)[C@@H](O)[C@H]2O)[C@@H](O)[C@@H]1O. The van der Waals surface area contributed by atoms with E-state index in [-0.39, 0.29) is 41.8 Å². The number of ether oxygens (including phenoxy) is 11. The molecule has 0 radical (unpaired) electrons. The minimum atomic E-state index is -2.02. The maximum atomic E-state index is 13.2. The van der Waals surface area contributed by atoms with Gasteiger partial charge in [-0.3, -0.25) is 0 Å². The highest BCUT2D eigenvalue weighted by Gasteiger charge is 2.70. The summed E-state index contributed by atoms with van der Waals surface area (Å²) >= 11 is 0. The molecule has 28 nitrogen and oxygen atoms in total. The first-order valence-electron chi connectivity index (χ1n) is 31.2. The summed E-state index contributed by atoms with van der Waals surface area (Å²) in [5.41, 5.74) is -4.00. The molecule has 5 aliphatic heterocycles. The lowest BCUT2D eigenvalue weighted by atomic mass is 9.33. The van der Waals surface area contributed by atoms with Crippen LogP contribution < -0.4 is 0 Å². The fourth-order valence-corrected chi connectivity index (χ4v) is 17.8. The predicted molar refractivity (Wildman–Crippen MR) is 296 cm³/mol. The third-order valence-corrected chi connectivity index (χ3v) is 23.8. The first-order valence-corrected chi connectivity index (χ1v) is 31.2. The van der Waals surface area contributed by atoms with Crippen LogP contribution in [0.4, 0.5) is 0 Å². The van der Waals surface area contributed by atoms with E-state index >= 15 is 0 Å². The van der Waals surface area contributed by atoms with Crippen molar-refractivity contribution < 1.29 is 139 Å². The summed E-state index contributed by atoms with van der Waals surface area (Å²) in [6, 6.07) is 0. The molecule has 0 spiro atoms. The molecule has 506 valence electrons. The zero-order valence-electron chi connectivity index (χ0n) is 51.3. The van der Waals surface area contributed by atoms with Gasteiger partial charge >= 0.3 is 5.97 Å². The highest BCUT2D eigenvalue weighted by Crippen LogP contribution is 2.76. The predicted octanol–water partition coefficient (Wildman–Crippen LogP) is -3.95. The number of rotatable bonds is 16. The van der Waals surface area contributed by atoms with Gasteiger partial charge in [0.15, 0.2) is 37.6 Å². The molecule has 0 aromatic rings. The zero-order valence-corrected chi connectivity index (χ0v) is 51.3. The van der Waals surface area contributed by atoms with Crippen molar-refractivity contribution in [2.75, 3.05) is 46.8 Å². The van der Waals surface area contributed by atoms with Crippen LogP contribution in [0.2, 0.25) is 0 Å². The number of aliphatic hydroxyl groups is 16. The van der Waals surface area contributed by atoms with Gasteiger partial charge in [-0.05, 0) is 104 Å². The molecule has 4 saturated carbocycles. The molecule has 0 unspecified atom stereocenters. The quantitative estimate of drug-likeness (QED) is 0.0398. The van der Waals surface area contributed by atoms with Crippen molar-refractivity contribution in [3.05, 3.63) is 11.6 Å². The van der Waals surface area contributed by atoms with Gasteiger partial charge in [-0.15, -0.1) is 0 Å². The van der Waals surface area contributed by atoms with Gasteiger partial charge in [-0.1, -0.05) is 53.2 Å². The molecule has 9 fully saturated rings. The monoisotopic (exact) mass is 1270 g/mol. The Kier molecular flexibility index (Phi) is 19.9. The molecule has 5 heterocycles. The van der Waals surface area contributed by atoms with E-state index in [4.69, 9.17) is 52.1 Å². The third-order valence-electron chi connectivity index (χ3n) is 23.8. The molecular weight excluding hydrogens is 1170 g/mol. The third kappa shape index (κ3) is 11.4. The minimum absolute atomic E-state index is 0.00375. The average Bonchev–Trinajstić information content (AvgIpc) is 0.794. The summed E-state index contributed by atoms with van der Waals surface area (Å²) in [5, 5.41) is 175. The van der Waals surface area contributed by atoms with Crippen LogP contribution in [-0.4, -0.2) is 287 Å². The highest BCUT2D eigenvalue weighted by atomic mass is 16.8. The van der Waals surface area contributed by atoms with Gasteiger partial charge in [-0.2, -0.15) is 0 Å². The molecule has 0 amide bonds. The second-order valence-electron chi connectivity index (χ2n) is 29.0. The Morgan fingerprint density at radius 1 is 0.602 bits per heavy atom. The number of hydrogen-bond acceptors (Lipinski definition) is 28. The molecule has 5 aliphatic carbocycles. The zero-order chi connectivity index (χ0) is 64.3. The number of esters is 1. The van der Waals surface area contributed by atoms with Crippen LogP contribution in [0.3, 0.4) is 0 Å². The summed E-state index contributed by atoms with van der Waals surface area (Å²) in [6.45, 7) is 11.6. The van der Waals surface area contributed by atoms with Crippen LogP contribution in [0, 0.1) is 50.2 Å². The van der Waals surface area contributed by atoms with E-state index in [1.807, 2.05) is 13.8 Å². The standard InChI is InChI=1S/C60H98O28/c1-25-34(65)37(68)43(74)50(82-25)87-45-39(70)35(66)28(19-61)83-51(45)88-46-41(72)40(71)44(48(76)78-8)86-52(46)85-33-12-13-56(4)30(57(33,5)21-62)11-14-59(7)31(56)10-9-26-27-17-54(2,18-32(64)55(27,3)15-16-58(26,59)6)23-80-49-42(73)38(69)36(67)29(84-49)20-79-53-47(75)60(77,22-63)24-81-53/h9,25,27-47,49-53,61-75,77H,10-24H2,1-8H3/t25-,27-,28+,29+,30+,31+,32+,33-,34-,35+,36+,37+,38-,39-,40-,41-,42+,43+,44-,45+,46+,47-,49+,50-,51-,52+,53+,54+,55+,56-,57+,58+,59+,60+/m0/s1. The molecule has 0 bridgehead atoms. The van der Waals surface area contributed by atoms with Gasteiger partial charge in [-0.25, -0.2) is 4.79 Å². The van der Waals surface area contributed by atoms with Gasteiger partial charge in [0.25, 0.3) is 0 Å². The number of carbonyl (C=O) groups is 1. The van der Waals surface area contributed by atoms with Crippen molar-refractivity contribution >= 4 is 5.97 Å². The normalized spacial score (nSPS) is 55.6. The van der Waals surface area contributed by atoms with Gasteiger partial charge in [0.2, 0.25) is 0 Å². The first-order chi connectivity index (χ1) is 41.2. The Hall–Kier alpha value is -1.83. The van der Waals surface area contributed by atoms with Crippen molar-refractivity contribution in [1.29, 1.82) is 0 Å². The largest absolute Gasteiger partial charge is 0.467 e. The second kappa shape index (κ2) is 25.4. The summed E-state index contributed by atoms with van der Waals surface area (Å²) in [6.07, 6.45) is -30.9. The molecule has 28 heteroatoms. The van der Waals surface area contributed by atoms with Crippen molar-refractivity contribution in [3.63, 3.8) is 0 Å². The number of hydrogen-bond donors (Lipinski definition) is 16. The Labute approximate surface area is 511 Å². The van der Waals surface area contributed by atoms with Crippen molar-refractivity contribution in [3.8, 4) is 0 Å². The summed E-state index contributed by atoms with van der Waals surface area (Å²) in [5.74, 6) is -1.29. The Bertz CT molecular complexity index is 2470. The topological polar surface area (TPSA) is 442 Å². The molecule has 0 aromatic carbocycles. The molecule has 5 saturated heterocycles. The molecule has 34 atom stereocenters. The highest BCUT2D eigenvalue weighted by molar-refractivity contribution is 5.75. The maximum absolute atomic E-state index is 13.2. The molecule has 10 aliphatic rings. The summed E-state index contributed by atoms with van der Waals surface area (Å²) in [4.78, 5) is 13.2. The first kappa shape index (κ1) is 69.0. The van der Waals surface area contributed by atoms with Crippen molar-refractivity contribution in [1.82, 2.24) is 0 Å². The van der Waals surface area contributed by atoms with E-state index in [1.54, 1.807) is 0 Å². The van der Waals surface area contributed by atoms with Crippen LogP contribution in [0.25, 0.3) is 0 Å². The lowest BCUT2D eigenvalue weighted by molar-refractivity contribution is -0.396. The van der Waals surface area contributed by atoms with Gasteiger partial charge < -0.3 is 134 Å². The molecule has 16 N–H and O–H groups in total. The minimum Gasteiger partial charge on any atom is -0.467 e. The van der Waals surface area contributed by atoms with Gasteiger partial charge in [0.1, 0.15) is 97.2 Å². The van der Waals surface area contributed by atoms with E-state index < -0.39 is 207 Å². The fraction of sp³-hybridized carbons (Fsp3) is 0.950. The van der Waals surface area contributed by atoms with E-state index in [9.17, 15) is 86.5 Å². The number of methoxy groups -OCH3 is 1. The number of fused-ring (bicyclic) bond motifs is 7. The fourth-order valence-electron chi connectivity index (χ4n) is 17.8. The Balaban J connectivity index is 0.869. The Morgan fingerprint density at radius 3 is 1.88 bits per heavy atom. The molecule has 10 rings (SSSR count). The second-order valence-corrected chi connectivity index (χ2v) is 29.0. The van der Waals surface area contributed by atoms with Crippen LogP contribution in [0.1, 0.15) is 106 Å². The number of aliphatic hydroxyl groups excluding tert-OH is 15. The lowest BCUT2D eigenvalue weighted by Crippen LogP contribution is -2.68. The number of carbonyl (C=O) groups excluding carboxylic acids is 1. The lowest BCUT2D eigenvalue weighted by Gasteiger charge is -2.72. The summed E-state index contributed by atoms with van der Waals surface area (Å²) in [7, 11) is 1.06. The Morgan fingerprint density at radius 2 is 1.23 bits per heavy atom. The van der Waals surface area contributed by atoms with Gasteiger partial charge in [0.05, 0.1) is 65.1 Å². The van der Waals surface area contributed by atoms with Gasteiger partial charge in [0, 0.05) is 10.8 Å². The van der Waals surface area contributed by atoms with Crippen LogP contribution in [0.15, 0.2) is 11.6 Å². The van der Waals surface area contributed by atoms with Crippen molar-refractivity contribution in [2.45, 2.75) is 259 Å². The van der Waals surface area contributed by atoms with E-state index in [0.717, 1.165) is 26.4 Å². The average molecular weight is 1270 g/mol. The smallest absolute Gasteiger partial charge is 0.337 e. The van der Waals surface area contributed by atoms with Crippen molar-refractivity contribution in [2.24, 2.45) is 50.2 Å². The van der Waals surface area contributed by atoms with Crippen LogP contribution in [0.5, 0.6) is 0 Å². The van der Waals surface area contributed by atoms with E-state index in [2.05, 4.69) is 33.8 Å². The van der Waals surface area contributed by atoms with E-state index in [0.29, 0.717) is 38.5 Å². The van der Waals surface area contributed by atoms with Crippen LogP contribution >= 0.6 is 0 Å². The summed E-state index contributed by atoms with van der Waals surface area (Å²) < 4.78 is 65.0. The molecule has 0 aromatic heterocycles. The molecular formula is C60H98O28. The van der Waals surface area contributed by atoms with Crippen LogP contribution in [-0.2, 0) is 56.9 Å². The number of allylic oxidation sites excluding steroid dienone is 2. The maximum Gasteiger partial charge on any atom is 0.337 e.